The lowest BCUT2D eigenvalue weighted by Gasteiger charge is -2.27. The van der Waals surface area contributed by atoms with Gasteiger partial charge < -0.3 is 10.6 Å². The Balaban J connectivity index is 2.84. The fourth-order valence-corrected chi connectivity index (χ4v) is 1.62. The standard InChI is InChI=1S/C13H20N2O/c1-4-13(16)15(10(2)3)9-11-7-5-6-8-12(11)14/h5-8,10H,4,9,14H2,1-3H3. The van der Waals surface area contributed by atoms with Crippen molar-refractivity contribution in [1.82, 2.24) is 4.90 Å². The van der Waals surface area contributed by atoms with Gasteiger partial charge in [0.05, 0.1) is 0 Å². The second kappa shape index (κ2) is 5.54. The van der Waals surface area contributed by atoms with Crippen LogP contribution in [0.5, 0.6) is 0 Å². The molecule has 0 aromatic heterocycles. The van der Waals surface area contributed by atoms with Gasteiger partial charge in [-0.25, -0.2) is 0 Å². The van der Waals surface area contributed by atoms with Crippen LogP contribution in [0.3, 0.4) is 0 Å². The summed E-state index contributed by atoms with van der Waals surface area (Å²) in [4.78, 5) is 13.6. The highest BCUT2D eigenvalue weighted by molar-refractivity contribution is 5.76. The Labute approximate surface area is 97.2 Å². The molecule has 1 amide bonds. The Morgan fingerprint density at radius 2 is 2.00 bits per heavy atom. The first kappa shape index (κ1) is 12.6. The molecule has 16 heavy (non-hydrogen) atoms. The molecule has 3 nitrogen and oxygen atoms in total. The lowest BCUT2D eigenvalue weighted by Crippen LogP contribution is -2.36. The molecule has 2 N–H and O–H groups in total. The predicted octanol–water partition coefficient (Wildman–Crippen LogP) is 2.42. The minimum absolute atomic E-state index is 0.165. The Morgan fingerprint density at radius 3 is 2.50 bits per heavy atom. The largest absolute Gasteiger partial charge is 0.398 e. The molecule has 0 radical (unpaired) electrons. The lowest BCUT2D eigenvalue weighted by molar-refractivity contribution is -0.133. The molecule has 0 saturated carbocycles. The van der Waals surface area contributed by atoms with E-state index in [9.17, 15) is 4.79 Å². The molecule has 0 bridgehead atoms. The fraction of sp³-hybridized carbons (Fsp3) is 0.462. The normalized spacial score (nSPS) is 10.5. The summed E-state index contributed by atoms with van der Waals surface area (Å²) in [6.45, 7) is 6.52. The second-order valence-electron chi connectivity index (χ2n) is 4.17. The third kappa shape index (κ3) is 2.99. The number of anilines is 1. The van der Waals surface area contributed by atoms with Crippen LogP contribution < -0.4 is 5.73 Å². The second-order valence-corrected chi connectivity index (χ2v) is 4.17. The molecule has 0 spiro atoms. The zero-order valence-electron chi connectivity index (χ0n) is 10.2. The average Bonchev–Trinajstić information content (AvgIpc) is 2.26. The van der Waals surface area contributed by atoms with Crippen LogP contribution in [0.1, 0.15) is 32.8 Å². The van der Waals surface area contributed by atoms with Crippen LogP contribution in [0.4, 0.5) is 5.69 Å². The number of carbonyl (C=O) groups excluding carboxylic acids is 1. The van der Waals surface area contributed by atoms with E-state index < -0.39 is 0 Å². The van der Waals surface area contributed by atoms with Crippen molar-refractivity contribution in [2.45, 2.75) is 39.8 Å². The lowest BCUT2D eigenvalue weighted by atomic mass is 10.1. The monoisotopic (exact) mass is 220 g/mol. The minimum Gasteiger partial charge on any atom is -0.398 e. The van der Waals surface area contributed by atoms with Crippen LogP contribution in [-0.4, -0.2) is 16.8 Å². The maximum Gasteiger partial charge on any atom is 0.222 e. The van der Waals surface area contributed by atoms with Crippen molar-refractivity contribution in [3.05, 3.63) is 29.8 Å². The summed E-state index contributed by atoms with van der Waals surface area (Å²) >= 11 is 0. The number of hydrogen-bond acceptors (Lipinski definition) is 2. The SMILES string of the molecule is CCC(=O)N(Cc1ccccc1N)C(C)C. The molecule has 0 fully saturated rings. The van der Waals surface area contributed by atoms with Crippen molar-refractivity contribution < 1.29 is 4.79 Å². The highest BCUT2D eigenvalue weighted by atomic mass is 16.2. The van der Waals surface area contributed by atoms with Crippen LogP contribution in [0.2, 0.25) is 0 Å². The molecule has 88 valence electrons. The first-order valence-corrected chi connectivity index (χ1v) is 5.69. The van der Waals surface area contributed by atoms with Gasteiger partial charge in [0.25, 0.3) is 0 Å². The van der Waals surface area contributed by atoms with Gasteiger partial charge in [-0.05, 0) is 25.5 Å². The van der Waals surface area contributed by atoms with E-state index in [1.54, 1.807) is 0 Å². The molecule has 0 unspecified atom stereocenters. The maximum atomic E-state index is 11.8. The van der Waals surface area contributed by atoms with E-state index in [0.29, 0.717) is 13.0 Å². The van der Waals surface area contributed by atoms with E-state index in [1.165, 1.54) is 0 Å². The number of carbonyl (C=O) groups is 1. The van der Waals surface area contributed by atoms with E-state index in [0.717, 1.165) is 11.3 Å². The maximum absolute atomic E-state index is 11.8. The molecule has 1 aromatic carbocycles. The fourth-order valence-electron chi connectivity index (χ4n) is 1.62. The molecular weight excluding hydrogens is 200 g/mol. The smallest absolute Gasteiger partial charge is 0.222 e. The van der Waals surface area contributed by atoms with E-state index in [-0.39, 0.29) is 11.9 Å². The Morgan fingerprint density at radius 1 is 1.38 bits per heavy atom. The summed E-state index contributed by atoms with van der Waals surface area (Å²) in [5.41, 5.74) is 7.63. The average molecular weight is 220 g/mol. The quantitative estimate of drug-likeness (QED) is 0.792. The number of amides is 1. The molecule has 0 saturated heterocycles. The first-order chi connectivity index (χ1) is 7.56. The minimum atomic E-state index is 0.165. The molecular formula is C13H20N2O. The number of rotatable bonds is 4. The van der Waals surface area contributed by atoms with Gasteiger partial charge >= 0.3 is 0 Å². The van der Waals surface area contributed by atoms with E-state index in [1.807, 2.05) is 49.9 Å². The van der Waals surface area contributed by atoms with Crippen molar-refractivity contribution in [3.63, 3.8) is 0 Å². The highest BCUT2D eigenvalue weighted by Crippen LogP contribution is 2.15. The summed E-state index contributed by atoms with van der Waals surface area (Å²) < 4.78 is 0. The van der Waals surface area contributed by atoms with Crippen LogP contribution in [0.25, 0.3) is 0 Å². The predicted molar refractivity (Wildman–Crippen MR) is 66.8 cm³/mol. The molecule has 1 rings (SSSR count). The van der Waals surface area contributed by atoms with Gasteiger partial charge in [-0.1, -0.05) is 25.1 Å². The summed E-state index contributed by atoms with van der Waals surface area (Å²) in [6, 6.07) is 7.88. The number of benzene rings is 1. The zero-order chi connectivity index (χ0) is 12.1. The van der Waals surface area contributed by atoms with Crippen LogP contribution >= 0.6 is 0 Å². The number of hydrogen-bond donors (Lipinski definition) is 1. The van der Waals surface area contributed by atoms with Crippen molar-refractivity contribution in [1.29, 1.82) is 0 Å². The number of nitrogens with zero attached hydrogens (tertiary/aromatic N) is 1. The van der Waals surface area contributed by atoms with Crippen molar-refractivity contribution in [3.8, 4) is 0 Å². The zero-order valence-corrected chi connectivity index (χ0v) is 10.2. The summed E-state index contributed by atoms with van der Waals surface area (Å²) in [6.07, 6.45) is 0.533. The first-order valence-electron chi connectivity index (χ1n) is 5.69. The summed E-state index contributed by atoms with van der Waals surface area (Å²) in [7, 11) is 0. The number of nitrogens with two attached hydrogens (primary N) is 1. The molecule has 0 aliphatic rings. The third-order valence-electron chi connectivity index (χ3n) is 2.64. The molecule has 0 atom stereocenters. The van der Waals surface area contributed by atoms with Crippen molar-refractivity contribution >= 4 is 11.6 Å². The van der Waals surface area contributed by atoms with Gasteiger partial charge in [0.2, 0.25) is 5.91 Å². The van der Waals surface area contributed by atoms with E-state index >= 15 is 0 Å². The molecule has 3 heteroatoms. The topological polar surface area (TPSA) is 46.3 Å². The van der Waals surface area contributed by atoms with Crippen molar-refractivity contribution in [2.24, 2.45) is 0 Å². The molecule has 0 heterocycles. The summed E-state index contributed by atoms with van der Waals surface area (Å²) in [5, 5.41) is 0. The van der Waals surface area contributed by atoms with Crippen LogP contribution in [0, 0.1) is 0 Å². The molecule has 1 aromatic rings. The van der Waals surface area contributed by atoms with Gasteiger partial charge in [0.1, 0.15) is 0 Å². The Hall–Kier alpha value is -1.51. The van der Waals surface area contributed by atoms with Crippen molar-refractivity contribution in [2.75, 3.05) is 5.73 Å². The number of nitrogen functional groups attached to an aromatic ring is 1. The highest BCUT2D eigenvalue weighted by Gasteiger charge is 2.16. The Bertz CT molecular complexity index is 361. The van der Waals surface area contributed by atoms with Gasteiger partial charge in [0, 0.05) is 24.7 Å². The van der Waals surface area contributed by atoms with Crippen LogP contribution in [0.15, 0.2) is 24.3 Å². The van der Waals surface area contributed by atoms with Gasteiger partial charge in [-0.2, -0.15) is 0 Å². The number of para-hydroxylation sites is 1. The van der Waals surface area contributed by atoms with Gasteiger partial charge in [-0.15, -0.1) is 0 Å². The Kier molecular flexibility index (Phi) is 4.35. The van der Waals surface area contributed by atoms with E-state index in [4.69, 9.17) is 5.73 Å². The molecule has 0 aliphatic carbocycles. The van der Waals surface area contributed by atoms with E-state index in [2.05, 4.69) is 0 Å². The summed E-state index contributed by atoms with van der Waals surface area (Å²) in [5.74, 6) is 0.165. The molecule has 0 aliphatic heterocycles. The third-order valence-corrected chi connectivity index (χ3v) is 2.64. The van der Waals surface area contributed by atoms with Gasteiger partial charge in [-0.3, -0.25) is 4.79 Å². The van der Waals surface area contributed by atoms with Crippen LogP contribution in [-0.2, 0) is 11.3 Å². The van der Waals surface area contributed by atoms with Gasteiger partial charge in [0.15, 0.2) is 0 Å².